The second-order valence-electron chi connectivity index (χ2n) is 8.88. The lowest BCUT2D eigenvalue weighted by Gasteiger charge is -2.27. The number of hydrogen-bond acceptors (Lipinski definition) is 4. The first-order valence-corrected chi connectivity index (χ1v) is 11.6. The Morgan fingerprint density at radius 1 is 1.03 bits per heavy atom. The number of rotatable bonds is 5. The molecule has 2 aliphatic rings. The molecule has 1 saturated carbocycles. The van der Waals surface area contributed by atoms with Gasteiger partial charge in [-0.15, -0.1) is 0 Å². The van der Waals surface area contributed by atoms with Gasteiger partial charge in [0, 0.05) is 49.6 Å². The average Bonchev–Trinajstić information content (AvgIpc) is 3.24. The molecule has 1 aliphatic heterocycles. The summed E-state index contributed by atoms with van der Waals surface area (Å²) in [5.74, 6) is 1.07. The van der Waals surface area contributed by atoms with E-state index in [0.29, 0.717) is 0 Å². The quantitative estimate of drug-likeness (QED) is 0.612. The van der Waals surface area contributed by atoms with Crippen molar-refractivity contribution in [2.75, 3.05) is 31.5 Å². The predicted octanol–water partition coefficient (Wildman–Crippen LogP) is 5.02. The molecule has 3 aromatic rings. The highest BCUT2D eigenvalue weighted by molar-refractivity contribution is 5.97. The summed E-state index contributed by atoms with van der Waals surface area (Å²) in [6.07, 6.45) is 5.54. The van der Waals surface area contributed by atoms with Crippen LogP contribution < -0.4 is 10.6 Å². The lowest BCUT2D eigenvalue weighted by atomic mass is 9.88. The number of nitrogens with one attached hydrogen (secondary N) is 2. The Kier molecular flexibility index (Phi) is 6.05. The van der Waals surface area contributed by atoms with E-state index in [1.165, 1.54) is 12.0 Å². The van der Waals surface area contributed by atoms with Crippen molar-refractivity contribution in [2.45, 2.75) is 38.6 Å². The smallest absolute Gasteiger partial charge is 0.227 e. The Morgan fingerprint density at radius 3 is 2.68 bits per heavy atom. The molecule has 0 radical (unpaired) electrons. The maximum absolute atomic E-state index is 12.8. The van der Waals surface area contributed by atoms with E-state index >= 15 is 0 Å². The van der Waals surface area contributed by atoms with Crippen LogP contribution in [0.4, 0.5) is 5.69 Å². The Labute approximate surface area is 183 Å². The third-order valence-corrected chi connectivity index (χ3v) is 6.62. The fourth-order valence-corrected chi connectivity index (χ4v) is 4.86. The number of hydrogen-bond donors (Lipinski definition) is 2. The summed E-state index contributed by atoms with van der Waals surface area (Å²) in [7, 11) is 0. The molecule has 1 aromatic heterocycles. The molecule has 0 bridgehead atoms. The minimum Gasteiger partial charge on any atom is -0.456 e. The fourth-order valence-electron chi connectivity index (χ4n) is 4.86. The number of carbonyl (C=O) groups excluding carboxylic acids is 1. The Morgan fingerprint density at radius 2 is 1.84 bits per heavy atom. The maximum Gasteiger partial charge on any atom is 0.227 e. The highest BCUT2D eigenvalue weighted by Gasteiger charge is 2.22. The van der Waals surface area contributed by atoms with Crippen LogP contribution in [0, 0.1) is 5.92 Å². The van der Waals surface area contributed by atoms with Crippen molar-refractivity contribution in [1.29, 1.82) is 0 Å². The summed E-state index contributed by atoms with van der Waals surface area (Å²) in [6, 6.07) is 16.5. The predicted molar refractivity (Wildman–Crippen MR) is 125 cm³/mol. The third kappa shape index (κ3) is 4.68. The van der Waals surface area contributed by atoms with Crippen molar-refractivity contribution in [2.24, 2.45) is 5.92 Å². The van der Waals surface area contributed by atoms with Crippen molar-refractivity contribution >= 4 is 22.6 Å². The molecular formula is C26H31N3O2. The molecule has 1 saturated heterocycles. The minimum atomic E-state index is 0.130. The van der Waals surface area contributed by atoms with E-state index in [1.807, 2.05) is 24.3 Å². The second-order valence-corrected chi connectivity index (χ2v) is 8.88. The zero-order valence-electron chi connectivity index (χ0n) is 18.0. The van der Waals surface area contributed by atoms with Gasteiger partial charge in [-0.05, 0) is 48.7 Å². The molecule has 5 heteroatoms. The number of para-hydroxylation sites is 1. The third-order valence-electron chi connectivity index (χ3n) is 6.62. The lowest BCUT2D eigenvalue weighted by molar-refractivity contribution is -0.120. The Balaban J connectivity index is 1.37. The van der Waals surface area contributed by atoms with Crippen molar-refractivity contribution in [3.63, 3.8) is 0 Å². The highest BCUT2D eigenvalue weighted by Crippen LogP contribution is 2.34. The summed E-state index contributed by atoms with van der Waals surface area (Å²) < 4.78 is 6.19. The number of amides is 1. The summed E-state index contributed by atoms with van der Waals surface area (Å²) in [4.78, 5) is 15.3. The van der Waals surface area contributed by atoms with E-state index in [-0.39, 0.29) is 11.8 Å². The SMILES string of the molecule is O=C(Nc1ccccc1-c1cc2cc(CN3CCNCC3)ccc2o1)C1CCCCC1. The number of piperazine rings is 1. The summed E-state index contributed by atoms with van der Waals surface area (Å²) in [5.41, 5.74) is 3.96. The molecular weight excluding hydrogens is 386 g/mol. The van der Waals surface area contributed by atoms with Crippen LogP contribution in [0.5, 0.6) is 0 Å². The molecule has 0 atom stereocenters. The van der Waals surface area contributed by atoms with Gasteiger partial charge < -0.3 is 15.1 Å². The van der Waals surface area contributed by atoms with Crippen LogP contribution in [0.3, 0.4) is 0 Å². The largest absolute Gasteiger partial charge is 0.456 e. The number of carbonyl (C=O) groups is 1. The summed E-state index contributed by atoms with van der Waals surface area (Å²) >= 11 is 0. The topological polar surface area (TPSA) is 57.5 Å². The Hall–Kier alpha value is -2.63. The molecule has 0 spiro atoms. The highest BCUT2D eigenvalue weighted by atomic mass is 16.3. The number of fused-ring (bicyclic) bond motifs is 1. The standard InChI is InChI=1S/C26H31N3O2/c30-26(20-6-2-1-3-7-20)28-23-9-5-4-8-22(23)25-17-21-16-19(10-11-24(21)31-25)18-29-14-12-27-13-15-29/h4-5,8-11,16-17,20,27H,1-3,6-7,12-15,18H2,(H,28,30). The molecule has 5 nitrogen and oxygen atoms in total. The van der Waals surface area contributed by atoms with Crippen LogP contribution >= 0.6 is 0 Å². The van der Waals surface area contributed by atoms with E-state index in [0.717, 1.165) is 86.4 Å². The molecule has 1 amide bonds. The molecule has 2 aromatic carbocycles. The normalized spacial score (nSPS) is 18.3. The van der Waals surface area contributed by atoms with E-state index in [1.54, 1.807) is 0 Å². The zero-order valence-corrected chi connectivity index (χ0v) is 18.0. The van der Waals surface area contributed by atoms with Crippen LogP contribution in [0.2, 0.25) is 0 Å². The molecule has 2 N–H and O–H groups in total. The maximum atomic E-state index is 12.8. The molecule has 0 unspecified atom stereocenters. The average molecular weight is 418 g/mol. The molecule has 162 valence electrons. The summed E-state index contributed by atoms with van der Waals surface area (Å²) in [6.45, 7) is 5.25. The zero-order chi connectivity index (χ0) is 21.0. The van der Waals surface area contributed by atoms with Gasteiger partial charge in [-0.2, -0.15) is 0 Å². The van der Waals surface area contributed by atoms with Crippen molar-refractivity contribution in [1.82, 2.24) is 10.2 Å². The van der Waals surface area contributed by atoms with Gasteiger partial charge in [0.1, 0.15) is 11.3 Å². The number of benzene rings is 2. The van der Waals surface area contributed by atoms with Crippen LogP contribution in [-0.4, -0.2) is 37.0 Å². The van der Waals surface area contributed by atoms with E-state index < -0.39 is 0 Å². The van der Waals surface area contributed by atoms with Crippen LogP contribution in [-0.2, 0) is 11.3 Å². The first-order valence-electron chi connectivity index (χ1n) is 11.6. The van der Waals surface area contributed by atoms with Gasteiger partial charge in [-0.3, -0.25) is 9.69 Å². The van der Waals surface area contributed by atoms with Gasteiger partial charge in [0.2, 0.25) is 5.91 Å². The van der Waals surface area contributed by atoms with Gasteiger partial charge in [0.25, 0.3) is 0 Å². The molecule has 31 heavy (non-hydrogen) atoms. The number of anilines is 1. The first-order chi connectivity index (χ1) is 15.3. The van der Waals surface area contributed by atoms with E-state index in [9.17, 15) is 4.79 Å². The molecule has 2 fully saturated rings. The van der Waals surface area contributed by atoms with Crippen molar-refractivity contribution < 1.29 is 9.21 Å². The molecule has 2 heterocycles. The summed E-state index contributed by atoms with van der Waals surface area (Å²) in [5, 5.41) is 7.69. The fraction of sp³-hybridized carbons (Fsp3) is 0.423. The van der Waals surface area contributed by atoms with Gasteiger partial charge >= 0.3 is 0 Å². The molecule has 1 aliphatic carbocycles. The van der Waals surface area contributed by atoms with Gasteiger partial charge in [0.15, 0.2) is 0 Å². The van der Waals surface area contributed by atoms with Gasteiger partial charge in [-0.25, -0.2) is 0 Å². The van der Waals surface area contributed by atoms with Crippen LogP contribution in [0.1, 0.15) is 37.7 Å². The van der Waals surface area contributed by atoms with Gasteiger partial charge in [-0.1, -0.05) is 37.5 Å². The Bertz CT molecular complexity index is 1050. The van der Waals surface area contributed by atoms with E-state index in [4.69, 9.17) is 4.42 Å². The first kappa shape index (κ1) is 20.3. The van der Waals surface area contributed by atoms with Crippen molar-refractivity contribution in [3.05, 3.63) is 54.1 Å². The minimum absolute atomic E-state index is 0.130. The number of nitrogens with zero attached hydrogens (tertiary/aromatic N) is 1. The second kappa shape index (κ2) is 9.25. The van der Waals surface area contributed by atoms with E-state index in [2.05, 4.69) is 39.8 Å². The van der Waals surface area contributed by atoms with Crippen LogP contribution in [0.25, 0.3) is 22.3 Å². The lowest BCUT2D eigenvalue weighted by Crippen LogP contribution is -2.42. The van der Waals surface area contributed by atoms with Gasteiger partial charge in [0.05, 0.1) is 5.69 Å². The molecule has 5 rings (SSSR count). The van der Waals surface area contributed by atoms with Crippen LogP contribution in [0.15, 0.2) is 52.9 Å². The monoisotopic (exact) mass is 417 g/mol. The van der Waals surface area contributed by atoms with Crippen molar-refractivity contribution in [3.8, 4) is 11.3 Å². The number of furan rings is 1.